The summed E-state index contributed by atoms with van der Waals surface area (Å²) in [5.74, 6) is 2.34. The van der Waals surface area contributed by atoms with Crippen LogP contribution in [0.3, 0.4) is 0 Å². The molecular formula is C13H20N2O. The first kappa shape index (κ1) is 11.4. The number of aromatic nitrogens is 2. The highest BCUT2D eigenvalue weighted by Crippen LogP contribution is 2.33. The zero-order valence-corrected chi connectivity index (χ0v) is 10.1. The van der Waals surface area contributed by atoms with Crippen molar-refractivity contribution in [3.05, 3.63) is 18.2 Å². The molecular weight excluding hydrogens is 200 g/mol. The Balaban J connectivity index is 1.92. The Labute approximate surface area is 96.9 Å². The standard InChI is InChI=1S/C13H20N2O/c1-3-10-4-5-11(8-10)12(16)9-13-14-6-7-15(13)2/h6-7,10-11H,3-5,8-9H2,1-2H3. The summed E-state index contributed by atoms with van der Waals surface area (Å²) in [6, 6.07) is 0. The van der Waals surface area contributed by atoms with Gasteiger partial charge in [-0.05, 0) is 25.2 Å². The van der Waals surface area contributed by atoms with Crippen LogP contribution in [0.4, 0.5) is 0 Å². The van der Waals surface area contributed by atoms with E-state index in [0.29, 0.717) is 18.1 Å². The topological polar surface area (TPSA) is 34.9 Å². The largest absolute Gasteiger partial charge is 0.338 e. The Bertz CT molecular complexity index is 370. The normalized spacial score (nSPS) is 24.9. The number of imidazole rings is 1. The Morgan fingerprint density at radius 2 is 2.38 bits per heavy atom. The molecule has 16 heavy (non-hydrogen) atoms. The number of nitrogens with zero attached hydrogens (tertiary/aromatic N) is 2. The van der Waals surface area contributed by atoms with Gasteiger partial charge in [0, 0.05) is 25.4 Å². The summed E-state index contributed by atoms with van der Waals surface area (Å²) in [6.07, 6.45) is 8.78. The van der Waals surface area contributed by atoms with Gasteiger partial charge in [0.1, 0.15) is 11.6 Å². The third-order valence-electron chi connectivity index (χ3n) is 3.83. The number of ketones is 1. The van der Waals surface area contributed by atoms with Gasteiger partial charge in [0.05, 0.1) is 6.42 Å². The van der Waals surface area contributed by atoms with Gasteiger partial charge in [0.25, 0.3) is 0 Å². The lowest BCUT2D eigenvalue weighted by atomic mass is 9.97. The third-order valence-corrected chi connectivity index (χ3v) is 3.83. The van der Waals surface area contributed by atoms with Crippen LogP contribution in [-0.2, 0) is 18.3 Å². The molecule has 1 aromatic rings. The van der Waals surface area contributed by atoms with E-state index >= 15 is 0 Å². The molecule has 2 unspecified atom stereocenters. The quantitative estimate of drug-likeness (QED) is 0.780. The first-order valence-corrected chi connectivity index (χ1v) is 6.19. The van der Waals surface area contributed by atoms with E-state index in [-0.39, 0.29) is 0 Å². The number of hydrogen-bond acceptors (Lipinski definition) is 2. The zero-order valence-electron chi connectivity index (χ0n) is 10.1. The van der Waals surface area contributed by atoms with Crippen LogP contribution in [0.1, 0.15) is 38.4 Å². The number of hydrogen-bond donors (Lipinski definition) is 0. The molecule has 0 aromatic carbocycles. The van der Waals surface area contributed by atoms with E-state index in [0.717, 1.165) is 24.6 Å². The van der Waals surface area contributed by atoms with Gasteiger partial charge in [-0.2, -0.15) is 0 Å². The SMILES string of the molecule is CCC1CCC(C(=O)Cc2nccn2C)C1. The number of carbonyl (C=O) groups is 1. The molecule has 1 fully saturated rings. The van der Waals surface area contributed by atoms with Crippen molar-refractivity contribution in [3.8, 4) is 0 Å². The number of rotatable bonds is 4. The molecule has 88 valence electrons. The predicted molar refractivity (Wildman–Crippen MR) is 63.0 cm³/mol. The number of aryl methyl sites for hydroxylation is 1. The van der Waals surface area contributed by atoms with Gasteiger partial charge in [0.2, 0.25) is 0 Å². The van der Waals surface area contributed by atoms with Crippen LogP contribution in [0.5, 0.6) is 0 Å². The molecule has 1 saturated carbocycles. The van der Waals surface area contributed by atoms with Gasteiger partial charge >= 0.3 is 0 Å². The maximum absolute atomic E-state index is 12.1. The van der Waals surface area contributed by atoms with Crippen molar-refractivity contribution in [3.63, 3.8) is 0 Å². The Hall–Kier alpha value is -1.12. The highest BCUT2D eigenvalue weighted by atomic mass is 16.1. The first-order chi connectivity index (χ1) is 7.70. The molecule has 0 bridgehead atoms. The molecule has 2 rings (SSSR count). The minimum atomic E-state index is 0.293. The van der Waals surface area contributed by atoms with E-state index in [4.69, 9.17) is 0 Å². The van der Waals surface area contributed by atoms with Crippen molar-refractivity contribution in [1.82, 2.24) is 9.55 Å². The highest BCUT2D eigenvalue weighted by molar-refractivity contribution is 5.82. The van der Waals surface area contributed by atoms with E-state index in [2.05, 4.69) is 11.9 Å². The maximum atomic E-state index is 12.1. The summed E-state index contributed by atoms with van der Waals surface area (Å²) in [5, 5.41) is 0. The molecule has 1 aromatic heterocycles. The van der Waals surface area contributed by atoms with E-state index in [1.165, 1.54) is 12.8 Å². The summed E-state index contributed by atoms with van der Waals surface area (Å²) in [4.78, 5) is 16.3. The van der Waals surface area contributed by atoms with Gasteiger partial charge in [-0.1, -0.05) is 13.3 Å². The number of carbonyl (C=O) groups excluding carboxylic acids is 1. The van der Waals surface area contributed by atoms with E-state index in [1.54, 1.807) is 6.20 Å². The molecule has 1 heterocycles. The lowest BCUT2D eigenvalue weighted by molar-refractivity contribution is -0.122. The summed E-state index contributed by atoms with van der Waals surface area (Å²) in [6.45, 7) is 2.22. The smallest absolute Gasteiger partial charge is 0.143 e. The second-order valence-electron chi connectivity index (χ2n) is 4.88. The molecule has 0 aliphatic heterocycles. The van der Waals surface area contributed by atoms with Crippen LogP contribution in [-0.4, -0.2) is 15.3 Å². The fourth-order valence-electron chi connectivity index (χ4n) is 2.61. The summed E-state index contributed by atoms with van der Waals surface area (Å²) < 4.78 is 1.93. The Morgan fingerprint density at radius 1 is 1.56 bits per heavy atom. The fraction of sp³-hybridized carbons (Fsp3) is 0.692. The van der Waals surface area contributed by atoms with Crippen LogP contribution in [0, 0.1) is 11.8 Å². The van der Waals surface area contributed by atoms with Crippen LogP contribution in [0.2, 0.25) is 0 Å². The summed E-state index contributed by atoms with van der Waals surface area (Å²) in [5.41, 5.74) is 0. The minimum absolute atomic E-state index is 0.293. The van der Waals surface area contributed by atoms with Crippen molar-refractivity contribution < 1.29 is 4.79 Å². The average molecular weight is 220 g/mol. The minimum Gasteiger partial charge on any atom is -0.338 e. The van der Waals surface area contributed by atoms with Crippen LogP contribution in [0.15, 0.2) is 12.4 Å². The highest BCUT2D eigenvalue weighted by Gasteiger charge is 2.29. The van der Waals surface area contributed by atoms with Crippen LogP contribution < -0.4 is 0 Å². The Morgan fingerprint density at radius 3 is 2.94 bits per heavy atom. The maximum Gasteiger partial charge on any atom is 0.143 e. The molecule has 3 heteroatoms. The van der Waals surface area contributed by atoms with Gasteiger partial charge in [-0.25, -0.2) is 4.98 Å². The van der Waals surface area contributed by atoms with E-state index in [9.17, 15) is 4.79 Å². The molecule has 1 aliphatic carbocycles. The molecule has 1 aliphatic rings. The van der Waals surface area contributed by atoms with Gasteiger partial charge in [0.15, 0.2) is 0 Å². The summed E-state index contributed by atoms with van der Waals surface area (Å²) in [7, 11) is 1.94. The van der Waals surface area contributed by atoms with E-state index in [1.807, 2.05) is 17.8 Å². The van der Waals surface area contributed by atoms with Crippen molar-refractivity contribution in [1.29, 1.82) is 0 Å². The van der Waals surface area contributed by atoms with Gasteiger partial charge in [-0.15, -0.1) is 0 Å². The molecule has 0 saturated heterocycles. The first-order valence-electron chi connectivity index (χ1n) is 6.19. The van der Waals surface area contributed by atoms with Crippen molar-refractivity contribution in [2.24, 2.45) is 18.9 Å². The second-order valence-corrected chi connectivity index (χ2v) is 4.88. The third kappa shape index (κ3) is 2.34. The Kier molecular flexibility index (Phi) is 3.42. The van der Waals surface area contributed by atoms with E-state index < -0.39 is 0 Å². The van der Waals surface area contributed by atoms with Crippen LogP contribution >= 0.6 is 0 Å². The zero-order chi connectivity index (χ0) is 11.5. The van der Waals surface area contributed by atoms with Crippen molar-refractivity contribution in [2.75, 3.05) is 0 Å². The second kappa shape index (κ2) is 4.81. The van der Waals surface area contributed by atoms with Crippen molar-refractivity contribution >= 4 is 5.78 Å². The fourth-order valence-corrected chi connectivity index (χ4v) is 2.61. The van der Waals surface area contributed by atoms with Gasteiger partial charge in [-0.3, -0.25) is 4.79 Å². The summed E-state index contributed by atoms with van der Waals surface area (Å²) >= 11 is 0. The average Bonchev–Trinajstić information content (AvgIpc) is 2.88. The predicted octanol–water partition coefficient (Wildman–Crippen LogP) is 2.36. The van der Waals surface area contributed by atoms with Gasteiger partial charge < -0.3 is 4.57 Å². The van der Waals surface area contributed by atoms with Crippen molar-refractivity contribution in [2.45, 2.75) is 39.0 Å². The molecule has 0 amide bonds. The van der Waals surface area contributed by atoms with Crippen LogP contribution in [0.25, 0.3) is 0 Å². The molecule has 2 atom stereocenters. The number of Topliss-reactive ketones (excluding diaryl/α,β-unsaturated/α-hetero) is 1. The molecule has 3 nitrogen and oxygen atoms in total. The molecule has 0 N–H and O–H groups in total. The molecule has 0 radical (unpaired) electrons. The lowest BCUT2D eigenvalue weighted by Crippen LogP contribution is -2.16. The molecule has 0 spiro atoms. The monoisotopic (exact) mass is 220 g/mol. The lowest BCUT2D eigenvalue weighted by Gasteiger charge is -2.09.